The van der Waals surface area contributed by atoms with Crippen molar-refractivity contribution in [3.63, 3.8) is 0 Å². The summed E-state index contributed by atoms with van der Waals surface area (Å²) in [6.45, 7) is 2.08. The fourth-order valence-corrected chi connectivity index (χ4v) is 5.13. The summed E-state index contributed by atoms with van der Waals surface area (Å²) in [6, 6.07) is 14.8. The number of aryl methyl sites for hydroxylation is 1. The lowest BCUT2D eigenvalue weighted by Crippen LogP contribution is -2.30. The van der Waals surface area contributed by atoms with Crippen molar-refractivity contribution in [3.8, 4) is 0 Å². The highest BCUT2D eigenvalue weighted by molar-refractivity contribution is 7.92. The monoisotopic (exact) mass is 425 g/mol. The fourth-order valence-electron chi connectivity index (χ4n) is 3.66. The van der Waals surface area contributed by atoms with E-state index in [4.69, 9.17) is 4.52 Å². The molecule has 2 aromatic carbocycles. The Kier molecular flexibility index (Phi) is 5.59. The highest BCUT2D eigenvalue weighted by Gasteiger charge is 2.24. The van der Waals surface area contributed by atoms with E-state index in [1.807, 2.05) is 6.07 Å². The number of aromatic nitrogens is 1. The molecule has 0 saturated carbocycles. The molecule has 0 bridgehead atoms. The first-order valence-electron chi connectivity index (χ1n) is 9.97. The lowest BCUT2D eigenvalue weighted by atomic mass is 9.97. The van der Waals surface area contributed by atoms with Crippen LogP contribution in [0.4, 0.5) is 11.6 Å². The van der Waals surface area contributed by atoms with Gasteiger partial charge in [0.25, 0.3) is 15.9 Å². The minimum absolute atomic E-state index is 0.127. The zero-order chi connectivity index (χ0) is 21.1. The number of rotatable bonds is 6. The minimum atomic E-state index is -3.74. The molecule has 1 aliphatic rings. The molecule has 1 aliphatic carbocycles. The van der Waals surface area contributed by atoms with E-state index in [9.17, 15) is 13.2 Å². The van der Waals surface area contributed by atoms with Crippen LogP contribution in [0.5, 0.6) is 0 Å². The van der Waals surface area contributed by atoms with Crippen molar-refractivity contribution in [2.45, 2.75) is 37.5 Å². The van der Waals surface area contributed by atoms with Gasteiger partial charge in [0.2, 0.25) is 5.88 Å². The van der Waals surface area contributed by atoms with Crippen LogP contribution in [0.2, 0.25) is 0 Å². The summed E-state index contributed by atoms with van der Waals surface area (Å²) in [7, 11) is -3.74. The molecular formula is C22H23N3O4S. The molecule has 1 N–H and O–H groups in total. The number of hydrogen-bond donors (Lipinski definition) is 1. The molecule has 0 radical (unpaired) electrons. The number of anilines is 2. The van der Waals surface area contributed by atoms with Crippen LogP contribution in [0.3, 0.4) is 0 Å². The Morgan fingerprint density at radius 3 is 2.47 bits per heavy atom. The van der Waals surface area contributed by atoms with E-state index in [2.05, 4.69) is 10.5 Å². The summed E-state index contributed by atoms with van der Waals surface area (Å²) in [5, 5.41) is 6.79. The van der Waals surface area contributed by atoms with Gasteiger partial charge in [-0.3, -0.25) is 14.4 Å². The Balaban J connectivity index is 1.53. The maximum Gasteiger partial charge on any atom is 0.264 e. The first-order chi connectivity index (χ1) is 14.5. The molecule has 1 heterocycles. The highest BCUT2D eigenvalue weighted by Crippen LogP contribution is 2.28. The van der Waals surface area contributed by atoms with Crippen molar-refractivity contribution in [1.29, 1.82) is 0 Å². The Morgan fingerprint density at radius 1 is 1.07 bits per heavy atom. The number of carbonyl (C=O) groups excluding carboxylic acids is 1. The van der Waals surface area contributed by atoms with Gasteiger partial charge in [-0.05, 0) is 69.0 Å². The smallest absolute Gasteiger partial charge is 0.264 e. The van der Waals surface area contributed by atoms with Gasteiger partial charge in [-0.2, -0.15) is 0 Å². The third-order valence-electron chi connectivity index (χ3n) is 5.22. The molecule has 0 aliphatic heterocycles. The van der Waals surface area contributed by atoms with E-state index < -0.39 is 10.0 Å². The van der Waals surface area contributed by atoms with E-state index in [-0.39, 0.29) is 10.8 Å². The molecule has 4 rings (SSSR count). The van der Waals surface area contributed by atoms with Crippen molar-refractivity contribution in [2.75, 3.05) is 16.2 Å². The number of sulfonamides is 1. The average Bonchev–Trinajstić information content (AvgIpc) is 3.18. The number of hydrogen-bond acceptors (Lipinski definition) is 5. The molecule has 7 nitrogen and oxygen atoms in total. The number of para-hydroxylation sites is 1. The molecule has 30 heavy (non-hydrogen) atoms. The topological polar surface area (TPSA) is 92.5 Å². The Bertz CT molecular complexity index is 1140. The molecule has 156 valence electrons. The molecule has 3 aromatic rings. The standard InChI is InChI=1S/C22H23N3O4S/c1-2-25(17-8-4-3-5-9-17)30(27,28)18-14-12-16(13-15-18)21(26)23-22-19-10-6-7-11-20(19)24-29-22/h3-5,8-9,12-15H,2,6-7,10-11H2,1H3,(H,23,26). The second kappa shape index (κ2) is 8.31. The third kappa shape index (κ3) is 3.82. The van der Waals surface area contributed by atoms with Gasteiger partial charge in [-0.1, -0.05) is 23.4 Å². The second-order valence-corrected chi connectivity index (χ2v) is 8.99. The van der Waals surface area contributed by atoms with Gasteiger partial charge in [0.05, 0.1) is 16.3 Å². The Labute approximate surface area is 175 Å². The number of amides is 1. The summed E-state index contributed by atoms with van der Waals surface area (Å²) in [5.41, 5.74) is 2.79. The van der Waals surface area contributed by atoms with Crippen LogP contribution < -0.4 is 9.62 Å². The average molecular weight is 426 g/mol. The van der Waals surface area contributed by atoms with Crippen molar-refractivity contribution < 1.29 is 17.7 Å². The second-order valence-electron chi connectivity index (χ2n) is 7.13. The van der Waals surface area contributed by atoms with Crippen LogP contribution in [-0.4, -0.2) is 26.0 Å². The summed E-state index contributed by atoms with van der Waals surface area (Å²) in [4.78, 5) is 12.7. The molecule has 1 aromatic heterocycles. The van der Waals surface area contributed by atoms with Gasteiger partial charge < -0.3 is 4.52 Å². The van der Waals surface area contributed by atoms with Gasteiger partial charge >= 0.3 is 0 Å². The number of carbonyl (C=O) groups is 1. The zero-order valence-corrected chi connectivity index (χ0v) is 17.5. The molecule has 0 saturated heterocycles. The quantitative estimate of drug-likeness (QED) is 0.644. The van der Waals surface area contributed by atoms with E-state index in [0.29, 0.717) is 23.7 Å². The molecule has 1 amide bonds. The van der Waals surface area contributed by atoms with E-state index in [1.165, 1.54) is 28.6 Å². The predicted molar refractivity (Wildman–Crippen MR) is 114 cm³/mol. The maximum absolute atomic E-state index is 13.1. The predicted octanol–water partition coefficient (Wildman–Crippen LogP) is 4.02. The third-order valence-corrected chi connectivity index (χ3v) is 7.14. The lowest BCUT2D eigenvalue weighted by molar-refractivity contribution is 0.102. The summed E-state index contributed by atoms with van der Waals surface area (Å²) in [5.74, 6) is 0.0199. The SMILES string of the molecule is CCN(c1ccccc1)S(=O)(=O)c1ccc(C(=O)Nc2onc3c2CCCC3)cc1. The van der Waals surface area contributed by atoms with Crippen LogP contribution >= 0.6 is 0 Å². The van der Waals surface area contributed by atoms with Gasteiger partial charge in [-0.15, -0.1) is 0 Å². The van der Waals surface area contributed by atoms with Crippen LogP contribution in [0.1, 0.15) is 41.4 Å². The molecule has 0 unspecified atom stereocenters. The minimum Gasteiger partial charge on any atom is -0.338 e. The van der Waals surface area contributed by atoms with Crippen molar-refractivity contribution >= 4 is 27.5 Å². The number of nitrogens with one attached hydrogen (secondary N) is 1. The summed E-state index contributed by atoms with van der Waals surface area (Å²) >= 11 is 0. The van der Waals surface area contributed by atoms with Crippen LogP contribution in [-0.2, 0) is 22.9 Å². The molecule has 8 heteroatoms. The van der Waals surface area contributed by atoms with Crippen molar-refractivity contribution in [2.24, 2.45) is 0 Å². The lowest BCUT2D eigenvalue weighted by Gasteiger charge is -2.23. The Hall–Kier alpha value is -3.13. The molecule has 0 spiro atoms. The van der Waals surface area contributed by atoms with Crippen LogP contribution in [0.25, 0.3) is 0 Å². The van der Waals surface area contributed by atoms with Gasteiger partial charge in [0.15, 0.2) is 0 Å². The van der Waals surface area contributed by atoms with Gasteiger partial charge in [0, 0.05) is 17.7 Å². The normalized spacial score (nSPS) is 13.5. The number of nitrogens with zero attached hydrogens (tertiary/aromatic N) is 2. The van der Waals surface area contributed by atoms with Crippen LogP contribution in [0, 0.1) is 0 Å². The molecular weight excluding hydrogens is 402 g/mol. The zero-order valence-electron chi connectivity index (χ0n) is 16.7. The summed E-state index contributed by atoms with van der Waals surface area (Å²) in [6.07, 6.45) is 3.80. The highest BCUT2D eigenvalue weighted by atomic mass is 32.2. The first-order valence-corrected chi connectivity index (χ1v) is 11.4. The van der Waals surface area contributed by atoms with E-state index >= 15 is 0 Å². The van der Waals surface area contributed by atoms with Gasteiger partial charge in [0.1, 0.15) is 0 Å². The number of fused-ring (bicyclic) bond motifs is 1. The number of benzene rings is 2. The van der Waals surface area contributed by atoms with E-state index in [0.717, 1.165) is 36.9 Å². The van der Waals surface area contributed by atoms with Crippen molar-refractivity contribution in [3.05, 3.63) is 71.4 Å². The summed E-state index contributed by atoms with van der Waals surface area (Å²) < 4.78 is 32.8. The largest absolute Gasteiger partial charge is 0.338 e. The van der Waals surface area contributed by atoms with Crippen LogP contribution in [0.15, 0.2) is 64.0 Å². The van der Waals surface area contributed by atoms with E-state index in [1.54, 1.807) is 31.2 Å². The Morgan fingerprint density at radius 2 is 1.77 bits per heavy atom. The maximum atomic E-state index is 13.1. The fraction of sp³-hybridized carbons (Fsp3) is 0.273. The first kappa shape index (κ1) is 20.2. The van der Waals surface area contributed by atoms with Crippen molar-refractivity contribution in [1.82, 2.24) is 5.16 Å². The molecule has 0 fully saturated rings. The van der Waals surface area contributed by atoms with Gasteiger partial charge in [-0.25, -0.2) is 8.42 Å². The molecule has 0 atom stereocenters.